The number of halogens is 1. The van der Waals surface area contributed by atoms with Gasteiger partial charge in [0.2, 0.25) is 11.8 Å². The highest BCUT2D eigenvalue weighted by molar-refractivity contribution is 6.30. The number of anilines is 1. The molecule has 1 aromatic heterocycles. The Balaban J connectivity index is 1.43. The van der Waals surface area contributed by atoms with Gasteiger partial charge in [-0.3, -0.25) is 9.59 Å². The molecule has 1 aliphatic rings. The summed E-state index contributed by atoms with van der Waals surface area (Å²) in [6.45, 7) is 0.659. The van der Waals surface area contributed by atoms with Crippen molar-refractivity contribution in [2.45, 2.75) is 45.1 Å². The van der Waals surface area contributed by atoms with Crippen LogP contribution in [0.4, 0.5) is 5.69 Å². The number of benzene rings is 2. The lowest BCUT2D eigenvalue weighted by molar-refractivity contribution is -0.125. The van der Waals surface area contributed by atoms with E-state index in [1.807, 2.05) is 28.8 Å². The van der Waals surface area contributed by atoms with Crippen LogP contribution >= 0.6 is 11.6 Å². The molecular weight excluding hydrogens is 412 g/mol. The predicted octanol–water partition coefficient (Wildman–Crippen LogP) is 4.57. The third-order valence-electron chi connectivity index (χ3n) is 5.79. The molecule has 1 heterocycles. The molecule has 0 radical (unpaired) electrons. The van der Waals surface area contributed by atoms with Gasteiger partial charge in [0.25, 0.3) is 0 Å². The number of aromatic nitrogens is 2. The van der Waals surface area contributed by atoms with E-state index in [9.17, 15) is 9.59 Å². The molecule has 31 heavy (non-hydrogen) atoms. The van der Waals surface area contributed by atoms with Gasteiger partial charge >= 0.3 is 0 Å². The molecule has 1 aliphatic carbocycles. The number of rotatable bonds is 7. The van der Waals surface area contributed by atoms with Crippen molar-refractivity contribution in [2.75, 3.05) is 11.9 Å². The zero-order valence-corrected chi connectivity index (χ0v) is 18.2. The van der Waals surface area contributed by atoms with Crippen molar-refractivity contribution in [3.8, 4) is 0 Å². The molecule has 0 aliphatic heterocycles. The standard InChI is InChI=1S/C24H27ClN4O2/c25-18-10-12-19(13-11-18)27-23(30)16-29-21-9-5-4-8-20(21)28-22(29)14-15-26-24(31)17-6-2-1-3-7-17/h4-5,8-13,17H,1-3,6-7,14-16H2,(H,26,31)(H,27,30). The first kappa shape index (κ1) is 21.4. The first-order valence-electron chi connectivity index (χ1n) is 10.9. The van der Waals surface area contributed by atoms with E-state index in [0.29, 0.717) is 23.7 Å². The van der Waals surface area contributed by atoms with Crippen molar-refractivity contribution in [1.29, 1.82) is 0 Å². The summed E-state index contributed by atoms with van der Waals surface area (Å²) in [6.07, 6.45) is 6.03. The molecule has 3 aromatic rings. The van der Waals surface area contributed by atoms with Gasteiger partial charge in [-0.15, -0.1) is 0 Å². The summed E-state index contributed by atoms with van der Waals surface area (Å²) in [5.74, 6) is 0.926. The lowest BCUT2D eigenvalue weighted by Gasteiger charge is -2.20. The molecule has 162 valence electrons. The molecule has 0 unspecified atom stereocenters. The molecule has 0 atom stereocenters. The van der Waals surface area contributed by atoms with Crippen molar-refractivity contribution >= 4 is 40.1 Å². The molecule has 1 fully saturated rings. The number of carbonyl (C=O) groups is 2. The van der Waals surface area contributed by atoms with Crippen LogP contribution in [0, 0.1) is 5.92 Å². The van der Waals surface area contributed by atoms with Crippen LogP contribution in [0.5, 0.6) is 0 Å². The van der Waals surface area contributed by atoms with Crippen molar-refractivity contribution in [3.05, 3.63) is 59.4 Å². The average molecular weight is 439 g/mol. The Morgan fingerprint density at radius 2 is 1.77 bits per heavy atom. The summed E-state index contributed by atoms with van der Waals surface area (Å²) in [5, 5.41) is 6.59. The van der Waals surface area contributed by atoms with Gasteiger partial charge in [-0.05, 0) is 49.2 Å². The van der Waals surface area contributed by atoms with Gasteiger partial charge in [-0.2, -0.15) is 0 Å². The summed E-state index contributed by atoms with van der Waals surface area (Å²) in [5.41, 5.74) is 2.44. The third-order valence-corrected chi connectivity index (χ3v) is 6.04. The third kappa shape index (κ3) is 5.44. The summed E-state index contributed by atoms with van der Waals surface area (Å²) < 4.78 is 1.92. The SMILES string of the molecule is O=C(Cn1c(CCNC(=O)C2CCCCC2)nc2ccccc21)Nc1ccc(Cl)cc1. The number of hydrogen-bond donors (Lipinski definition) is 2. The molecule has 2 N–H and O–H groups in total. The van der Waals surface area contributed by atoms with Crippen LogP contribution in [-0.2, 0) is 22.6 Å². The zero-order valence-electron chi connectivity index (χ0n) is 17.4. The van der Waals surface area contributed by atoms with E-state index < -0.39 is 0 Å². The van der Waals surface area contributed by atoms with Gasteiger partial charge in [-0.1, -0.05) is 43.0 Å². The normalized spacial score (nSPS) is 14.5. The first-order chi connectivity index (χ1) is 15.1. The number of nitrogens with zero attached hydrogens (tertiary/aromatic N) is 2. The van der Waals surface area contributed by atoms with E-state index in [0.717, 1.165) is 42.5 Å². The van der Waals surface area contributed by atoms with Crippen molar-refractivity contribution in [3.63, 3.8) is 0 Å². The lowest BCUT2D eigenvalue weighted by Crippen LogP contribution is -2.33. The Labute approximate surface area is 187 Å². The Kier molecular flexibility index (Phi) is 6.87. The van der Waals surface area contributed by atoms with Crippen LogP contribution in [0.15, 0.2) is 48.5 Å². The largest absolute Gasteiger partial charge is 0.355 e. The molecular formula is C24H27ClN4O2. The van der Waals surface area contributed by atoms with Crippen LogP contribution < -0.4 is 10.6 Å². The molecule has 6 nitrogen and oxygen atoms in total. The lowest BCUT2D eigenvalue weighted by atomic mass is 9.89. The van der Waals surface area contributed by atoms with Crippen molar-refractivity contribution in [1.82, 2.24) is 14.9 Å². The Bertz CT molecular complexity index is 1060. The van der Waals surface area contributed by atoms with Crippen LogP contribution in [0.25, 0.3) is 11.0 Å². The second-order valence-corrected chi connectivity index (χ2v) is 8.47. The highest BCUT2D eigenvalue weighted by atomic mass is 35.5. The number of imidazole rings is 1. The minimum atomic E-state index is -0.141. The molecule has 1 saturated carbocycles. The Hall–Kier alpha value is -2.86. The number of nitrogens with one attached hydrogen (secondary N) is 2. The van der Waals surface area contributed by atoms with E-state index in [4.69, 9.17) is 16.6 Å². The van der Waals surface area contributed by atoms with E-state index in [1.54, 1.807) is 24.3 Å². The molecule has 2 amide bonds. The van der Waals surface area contributed by atoms with Gasteiger partial charge in [0.15, 0.2) is 0 Å². The van der Waals surface area contributed by atoms with Gasteiger partial charge < -0.3 is 15.2 Å². The number of amides is 2. The zero-order chi connectivity index (χ0) is 21.6. The average Bonchev–Trinajstić information content (AvgIpc) is 3.13. The number of hydrogen-bond acceptors (Lipinski definition) is 3. The van der Waals surface area contributed by atoms with Crippen molar-refractivity contribution < 1.29 is 9.59 Å². The first-order valence-corrected chi connectivity index (χ1v) is 11.3. The number of fused-ring (bicyclic) bond motifs is 1. The van der Waals surface area contributed by atoms with Gasteiger partial charge in [0.1, 0.15) is 12.4 Å². The highest BCUT2D eigenvalue weighted by Gasteiger charge is 2.21. The quantitative estimate of drug-likeness (QED) is 0.567. The summed E-state index contributed by atoms with van der Waals surface area (Å²) in [7, 11) is 0. The monoisotopic (exact) mass is 438 g/mol. The summed E-state index contributed by atoms with van der Waals surface area (Å²) in [4.78, 5) is 29.8. The van der Waals surface area contributed by atoms with Crippen LogP contribution in [0.2, 0.25) is 5.02 Å². The van der Waals surface area contributed by atoms with Gasteiger partial charge in [0, 0.05) is 29.6 Å². The Morgan fingerprint density at radius 1 is 1.03 bits per heavy atom. The van der Waals surface area contributed by atoms with Gasteiger partial charge in [0.05, 0.1) is 11.0 Å². The summed E-state index contributed by atoms with van der Waals surface area (Å²) >= 11 is 5.91. The fourth-order valence-corrected chi connectivity index (χ4v) is 4.30. The second kappa shape index (κ2) is 9.96. The van der Waals surface area contributed by atoms with E-state index >= 15 is 0 Å². The number of para-hydroxylation sites is 2. The summed E-state index contributed by atoms with van der Waals surface area (Å²) in [6, 6.07) is 14.8. The highest BCUT2D eigenvalue weighted by Crippen LogP contribution is 2.23. The van der Waals surface area contributed by atoms with Crippen LogP contribution in [0.3, 0.4) is 0 Å². The topological polar surface area (TPSA) is 76.0 Å². The Morgan fingerprint density at radius 3 is 2.55 bits per heavy atom. The fourth-order valence-electron chi connectivity index (χ4n) is 4.18. The maximum Gasteiger partial charge on any atom is 0.244 e. The van der Waals surface area contributed by atoms with E-state index in [1.165, 1.54) is 6.42 Å². The molecule has 0 spiro atoms. The maximum atomic E-state index is 12.7. The molecule has 0 saturated heterocycles. The smallest absolute Gasteiger partial charge is 0.244 e. The second-order valence-electron chi connectivity index (χ2n) is 8.03. The van der Waals surface area contributed by atoms with E-state index in [-0.39, 0.29) is 24.3 Å². The molecule has 0 bridgehead atoms. The van der Waals surface area contributed by atoms with Crippen molar-refractivity contribution in [2.24, 2.45) is 5.92 Å². The predicted molar refractivity (Wildman–Crippen MR) is 123 cm³/mol. The van der Waals surface area contributed by atoms with Crippen LogP contribution in [-0.4, -0.2) is 27.9 Å². The van der Waals surface area contributed by atoms with E-state index in [2.05, 4.69) is 10.6 Å². The minimum Gasteiger partial charge on any atom is -0.355 e. The van der Waals surface area contributed by atoms with Crippen LogP contribution in [0.1, 0.15) is 37.9 Å². The molecule has 2 aromatic carbocycles. The number of carbonyl (C=O) groups excluding carboxylic acids is 2. The molecule has 4 rings (SSSR count). The fraction of sp³-hybridized carbons (Fsp3) is 0.375. The van der Waals surface area contributed by atoms with Gasteiger partial charge in [-0.25, -0.2) is 4.98 Å². The minimum absolute atomic E-state index is 0.137. The maximum absolute atomic E-state index is 12.7. The molecule has 7 heteroatoms.